The molecule has 9 heteroatoms. The van der Waals surface area contributed by atoms with E-state index in [0.717, 1.165) is 5.57 Å². The number of fused-ring (bicyclic) bond motifs is 2. The van der Waals surface area contributed by atoms with Crippen LogP contribution in [0.1, 0.15) is 80.6 Å². The van der Waals surface area contributed by atoms with Gasteiger partial charge in [-0.2, -0.15) is 0 Å². The molecule has 1 fully saturated rings. The Kier molecular flexibility index (Phi) is 8.88. The van der Waals surface area contributed by atoms with E-state index in [-0.39, 0.29) is 18.8 Å². The average Bonchev–Trinajstić information content (AvgIpc) is 3.06. The molecule has 1 saturated carbocycles. The summed E-state index contributed by atoms with van der Waals surface area (Å²) in [5.41, 5.74) is 0.686. The highest BCUT2D eigenvalue weighted by molar-refractivity contribution is 5.92. The number of esters is 4. The molecule has 1 heterocycles. The fourth-order valence-corrected chi connectivity index (χ4v) is 6.33. The van der Waals surface area contributed by atoms with Crippen LogP contribution in [0.25, 0.3) is 0 Å². The van der Waals surface area contributed by atoms with Crippen molar-refractivity contribution in [3.63, 3.8) is 0 Å². The molecule has 0 aromatic heterocycles. The molecule has 0 radical (unpaired) electrons. The Hall–Kier alpha value is -2.68. The third-order valence-electron chi connectivity index (χ3n) is 8.21. The Morgan fingerprint density at radius 1 is 1.11 bits per heavy atom. The van der Waals surface area contributed by atoms with Crippen LogP contribution in [0.4, 0.5) is 0 Å². The van der Waals surface area contributed by atoms with E-state index in [1.165, 1.54) is 13.8 Å². The summed E-state index contributed by atoms with van der Waals surface area (Å²) in [5, 5.41) is 11.1. The first-order valence-electron chi connectivity index (χ1n) is 13.1. The van der Waals surface area contributed by atoms with Crippen LogP contribution in [0.3, 0.4) is 0 Å². The maximum Gasteiger partial charge on any atom is 0.334 e. The maximum absolute atomic E-state index is 12.8. The second-order valence-corrected chi connectivity index (χ2v) is 10.9. The third kappa shape index (κ3) is 5.76. The fourth-order valence-electron chi connectivity index (χ4n) is 6.33. The highest BCUT2D eigenvalue weighted by Crippen LogP contribution is 2.55. The van der Waals surface area contributed by atoms with Crippen molar-refractivity contribution in [2.45, 2.75) is 111 Å². The van der Waals surface area contributed by atoms with Crippen molar-refractivity contribution in [3.05, 3.63) is 22.8 Å². The average molecular weight is 521 g/mol. The van der Waals surface area contributed by atoms with E-state index in [0.29, 0.717) is 30.4 Å². The van der Waals surface area contributed by atoms with E-state index in [4.69, 9.17) is 18.9 Å². The number of ether oxygens (including phenoxy) is 4. The first kappa shape index (κ1) is 28.9. The van der Waals surface area contributed by atoms with Crippen molar-refractivity contribution >= 4 is 23.9 Å². The summed E-state index contributed by atoms with van der Waals surface area (Å²) in [4.78, 5) is 50.2. The predicted molar refractivity (Wildman–Crippen MR) is 133 cm³/mol. The van der Waals surface area contributed by atoms with Crippen LogP contribution < -0.4 is 0 Å². The summed E-state index contributed by atoms with van der Waals surface area (Å²) in [6, 6.07) is 0. The number of aliphatic hydroxyl groups is 1. The SMILES string of the molecule is CCCC(=O)O[C@@H]1CC/C(C)=C\[C@@H]2OC(=O)C(C)=C2C(OC(C)=O)[C@H]2[C@@H](C)[C@H](O)C[C@H](OC(C)=O)[C@]12C. The standard InChI is InChI=1S/C28H40O9/c1-8-9-23(32)37-21-11-10-14(2)12-20-24(16(4)27(33)36-20)26(35-18(6)30)25-15(3)19(31)13-22(28(21,25)7)34-17(5)29/h12,15,19-22,25-26,31H,8-11,13H2,1-7H3/b14-12-/t15-,19+,20-,21+,22-,25+,26?,28-/m0/s1. The lowest BCUT2D eigenvalue weighted by molar-refractivity contribution is -0.220. The zero-order valence-corrected chi connectivity index (χ0v) is 22.9. The van der Waals surface area contributed by atoms with Gasteiger partial charge in [0, 0.05) is 49.2 Å². The molecular formula is C28H40O9. The maximum atomic E-state index is 12.8. The molecule has 3 aliphatic rings. The fraction of sp³-hybridized carbons (Fsp3) is 0.714. The largest absolute Gasteiger partial charge is 0.462 e. The number of allylic oxidation sites excluding steroid dienone is 1. The second kappa shape index (κ2) is 11.4. The Balaban J connectivity index is 2.32. The molecule has 1 N–H and O–H groups in total. The van der Waals surface area contributed by atoms with E-state index in [9.17, 15) is 24.3 Å². The molecule has 8 atom stereocenters. The topological polar surface area (TPSA) is 125 Å². The smallest absolute Gasteiger partial charge is 0.334 e. The van der Waals surface area contributed by atoms with Crippen LogP contribution in [0.2, 0.25) is 0 Å². The Morgan fingerprint density at radius 3 is 2.35 bits per heavy atom. The molecule has 37 heavy (non-hydrogen) atoms. The van der Waals surface area contributed by atoms with E-state index in [1.54, 1.807) is 6.92 Å². The predicted octanol–water partition coefficient (Wildman–Crippen LogP) is 3.57. The first-order valence-corrected chi connectivity index (χ1v) is 13.1. The van der Waals surface area contributed by atoms with Gasteiger partial charge < -0.3 is 24.1 Å². The van der Waals surface area contributed by atoms with Gasteiger partial charge in [-0.25, -0.2) is 4.79 Å². The molecule has 206 valence electrons. The zero-order valence-electron chi connectivity index (χ0n) is 22.9. The second-order valence-electron chi connectivity index (χ2n) is 10.9. The number of hydrogen-bond donors (Lipinski definition) is 1. The van der Waals surface area contributed by atoms with E-state index >= 15 is 0 Å². The number of carbonyl (C=O) groups excluding carboxylic acids is 4. The number of rotatable bonds is 5. The van der Waals surface area contributed by atoms with Crippen LogP contribution in [0.15, 0.2) is 22.8 Å². The summed E-state index contributed by atoms with van der Waals surface area (Å²) < 4.78 is 23.5. The molecule has 0 bridgehead atoms. The van der Waals surface area contributed by atoms with Gasteiger partial charge in [-0.3, -0.25) is 14.4 Å². The van der Waals surface area contributed by atoms with Crippen molar-refractivity contribution in [1.82, 2.24) is 0 Å². The molecular weight excluding hydrogens is 480 g/mol. The van der Waals surface area contributed by atoms with Crippen LogP contribution in [-0.2, 0) is 38.1 Å². The lowest BCUT2D eigenvalue weighted by atomic mass is 9.54. The van der Waals surface area contributed by atoms with Gasteiger partial charge in [0.05, 0.1) is 6.10 Å². The molecule has 0 spiro atoms. The van der Waals surface area contributed by atoms with Gasteiger partial charge in [0.2, 0.25) is 0 Å². The lowest BCUT2D eigenvalue weighted by Crippen LogP contribution is -2.63. The molecule has 0 amide bonds. The van der Waals surface area contributed by atoms with Crippen molar-refractivity contribution in [3.8, 4) is 0 Å². The highest BCUT2D eigenvalue weighted by atomic mass is 16.6. The first-order chi connectivity index (χ1) is 17.3. The van der Waals surface area contributed by atoms with Gasteiger partial charge >= 0.3 is 23.9 Å². The highest BCUT2D eigenvalue weighted by Gasteiger charge is 2.62. The van der Waals surface area contributed by atoms with Gasteiger partial charge in [0.1, 0.15) is 24.4 Å². The van der Waals surface area contributed by atoms with E-state index in [2.05, 4.69) is 0 Å². The van der Waals surface area contributed by atoms with Crippen molar-refractivity contribution in [2.24, 2.45) is 17.3 Å². The summed E-state index contributed by atoms with van der Waals surface area (Å²) in [6.07, 6.45) is -0.421. The Labute approximate surface area is 218 Å². The molecule has 0 aromatic carbocycles. The van der Waals surface area contributed by atoms with Gasteiger partial charge in [0.25, 0.3) is 0 Å². The summed E-state index contributed by atoms with van der Waals surface area (Å²) >= 11 is 0. The minimum Gasteiger partial charge on any atom is -0.462 e. The molecule has 1 aliphatic heterocycles. The lowest BCUT2D eigenvalue weighted by Gasteiger charge is -2.56. The minimum atomic E-state index is -1.06. The van der Waals surface area contributed by atoms with Gasteiger partial charge in [-0.15, -0.1) is 0 Å². The summed E-state index contributed by atoms with van der Waals surface area (Å²) in [5.74, 6) is -3.11. The van der Waals surface area contributed by atoms with Crippen molar-refractivity contribution in [2.75, 3.05) is 0 Å². The van der Waals surface area contributed by atoms with Crippen LogP contribution in [0, 0.1) is 17.3 Å². The molecule has 1 unspecified atom stereocenters. The minimum absolute atomic E-state index is 0.133. The third-order valence-corrected chi connectivity index (χ3v) is 8.21. The zero-order chi connectivity index (χ0) is 27.7. The van der Waals surface area contributed by atoms with Crippen LogP contribution >= 0.6 is 0 Å². The van der Waals surface area contributed by atoms with Gasteiger partial charge in [-0.05, 0) is 45.1 Å². The van der Waals surface area contributed by atoms with Crippen LogP contribution in [0.5, 0.6) is 0 Å². The molecule has 0 aromatic rings. The number of aliphatic hydroxyl groups excluding tert-OH is 1. The molecule has 0 saturated heterocycles. The summed E-state index contributed by atoms with van der Waals surface area (Å²) in [7, 11) is 0. The quantitative estimate of drug-likeness (QED) is 0.329. The Bertz CT molecular complexity index is 996. The van der Waals surface area contributed by atoms with Gasteiger partial charge in [0.15, 0.2) is 0 Å². The summed E-state index contributed by atoms with van der Waals surface area (Å²) in [6.45, 7) is 11.7. The Morgan fingerprint density at radius 2 is 1.76 bits per heavy atom. The van der Waals surface area contributed by atoms with Crippen molar-refractivity contribution < 1.29 is 43.2 Å². The van der Waals surface area contributed by atoms with Crippen LogP contribution in [-0.4, -0.2) is 59.5 Å². The van der Waals surface area contributed by atoms with Crippen molar-refractivity contribution in [1.29, 1.82) is 0 Å². The van der Waals surface area contributed by atoms with E-state index in [1.807, 2.05) is 33.8 Å². The number of hydrogen-bond acceptors (Lipinski definition) is 9. The monoisotopic (exact) mass is 520 g/mol. The molecule has 3 rings (SSSR count). The normalized spacial score (nSPS) is 37.4. The van der Waals surface area contributed by atoms with Gasteiger partial charge in [-0.1, -0.05) is 26.3 Å². The number of carbonyl (C=O) groups is 4. The molecule has 2 aliphatic carbocycles. The molecule has 9 nitrogen and oxygen atoms in total. The van der Waals surface area contributed by atoms with E-state index < -0.39 is 65.7 Å².